The summed E-state index contributed by atoms with van der Waals surface area (Å²) in [4.78, 5) is 37.2. The number of amides is 1. The van der Waals surface area contributed by atoms with Gasteiger partial charge in [-0.15, -0.1) is 0 Å². The second-order valence-electron chi connectivity index (χ2n) is 8.20. The first-order valence-electron chi connectivity index (χ1n) is 11.6. The number of benzene rings is 2. The number of carbonyl (C=O) groups is 1. The summed E-state index contributed by atoms with van der Waals surface area (Å²) in [5.41, 5.74) is 0.0522. The summed E-state index contributed by atoms with van der Waals surface area (Å²) in [6.45, 7) is 0. The number of hydrogen-bond donors (Lipinski definition) is 2. The van der Waals surface area contributed by atoms with Gasteiger partial charge < -0.3 is 24.5 Å². The molecule has 3 aromatic heterocycles. The number of anilines is 1. The van der Waals surface area contributed by atoms with Gasteiger partial charge in [0.25, 0.3) is 17.3 Å². The average molecular weight is 564 g/mol. The van der Waals surface area contributed by atoms with Crippen molar-refractivity contribution < 1.29 is 27.8 Å². The van der Waals surface area contributed by atoms with Gasteiger partial charge in [0.1, 0.15) is 16.9 Å². The molecule has 0 radical (unpaired) electrons. The largest absolute Gasteiger partial charge is 0.491 e. The third-order valence-corrected chi connectivity index (χ3v) is 6.04. The number of halogens is 2. The Balaban J connectivity index is 1.40. The molecule has 0 fully saturated rings. The molecule has 202 valence electrons. The summed E-state index contributed by atoms with van der Waals surface area (Å²) in [6.07, 6.45) is 2.63. The first-order chi connectivity index (χ1) is 19.3. The molecule has 0 saturated carbocycles. The Kier molecular flexibility index (Phi) is 7.21. The third-order valence-electron chi connectivity index (χ3n) is 5.74. The van der Waals surface area contributed by atoms with Crippen molar-refractivity contribution >= 4 is 34.8 Å². The van der Waals surface area contributed by atoms with Crippen LogP contribution < -0.4 is 25.1 Å². The highest BCUT2D eigenvalue weighted by atomic mass is 32.1. The molecule has 0 aliphatic heterocycles. The third kappa shape index (κ3) is 5.09. The number of aromatic nitrogens is 4. The summed E-state index contributed by atoms with van der Waals surface area (Å²) in [6, 6.07) is 11.9. The lowest BCUT2D eigenvalue weighted by molar-refractivity contribution is 0.102. The minimum atomic E-state index is -0.814. The lowest BCUT2D eigenvalue weighted by Gasteiger charge is -2.13. The lowest BCUT2D eigenvalue weighted by Crippen LogP contribution is -2.29. The van der Waals surface area contributed by atoms with Gasteiger partial charge in [-0.25, -0.2) is 13.8 Å². The van der Waals surface area contributed by atoms with Crippen LogP contribution in [0, 0.1) is 16.4 Å². The van der Waals surface area contributed by atoms with Gasteiger partial charge in [0.05, 0.1) is 25.4 Å². The van der Waals surface area contributed by atoms with Crippen molar-refractivity contribution in [1.82, 2.24) is 19.5 Å². The zero-order chi connectivity index (χ0) is 28.4. The SMILES string of the molecule is COc1cc2nccc(Oc3ccc(NC(=O)c4c[nH]c(=S)n(-c5ccc(F)cc5)c4=O)cc3F)c2nc1OC. The predicted molar refractivity (Wildman–Crippen MR) is 144 cm³/mol. The van der Waals surface area contributed by atoms with E-state index in [-0.39, 0.29) is 39.1 Å². The molecule has 2 aromatic carbocycles. The molecule has 2 N–H and O–H groups in total. The number of rotatable bonds is 7. The van der Waals surface area contributed by atoms with E-state index >= 15 is 4.39 Å². The van der Waals surface area contributed by atoms with Crippen LogP contribution in [0.3, 0.4) is 0 Å². The quantitative estimate of drug-likeness (QED) is 0.260. The summed E-state index contributed by atoms with van der Waals surface area (Å²) >= 11 is 5.17. The van der Waals surface area contributed by atoms with Gasteiger partial charge in [-0.1, -0.05) is 0 Å². The molecule has 0 spiro atoms. The molecule has 40 heavy (non-hydrogen) atoms. The van der Waals surface area contributed by atoms with Gasteiger partial charge in [0.2, 0.25) is 0 Å². The highest BCUT2D eigenvalue weighted by Crippen LogP contribution is 2.35. The van der Waals surface area contributed by atoms with E-state index in [1.165, 1.54) is 50.7 Å². The summed E-state index contributed by atoms with van der Waals surface area (Å²) in [5.74, 6) is -1.47. The normalized spacial score (nSPS) is 10.8. The predicted octanol–water partition coefficient (Wildman–Crippen LogP) is 5.18. The van der Waals surface area contributed by atoms with Gasteiger partial charge >= 0.3 is 0 Å². The summed E-state index contributed by atoms with van der Waals surface area (Å²) in [7, 11) is 2.90. The number of H-pyrrole nitrogens is 1. The molecular formula is C27H19F2N5O5S. The zero-order valence-electron chi connectivity index (χ0n) is 20.9. The fourth-order valence-electron chi connectivity index (χ4n) is 3.83. The maximum Gasteiger partial charge on any atom is 0.271 e. The van der Waals surface area contributed by atoms with Crippen molar-refractivity contribution in [1.29, 1.82) is 0 Å². The Hall–Kier alpha value is -5.17. The highest BCUT2D eigenvalue weighted by Gasteiger charge is 2.18. The second-order valence-corrected chi connectivity index (χ2v) is 8.59. The van der Waals surface area contributed by atoms with E-state index in [9.17, 15) is 14.0 Å². The van der Waals surface area contributed by atoms with Crippen LogP contribution in [0.2, 0.25) is 0 Å². The number of aromatic amines is 1. The molecule has 1 amide bonds. The van der Waals surface area contributed by atoms with Crippen molar-refractivity contribution in [2.75, 3.05) is 19.5 Å². The van der Waals surface area contributed by atoms with Gasteiger partial charge in [-0.3, -0.25) is 19.1 Å². The monoisotopic (exact) mass is 563 g/mol. The van der Waals surface area contributed by atoms with E-state index in [0.29, 0.717) is 16.8 Å². The van der Waals surface area contributed by atoms with Crippen LogP contribution in [0.1, 0.15) is 10.4 Å². The Morgan fingerprint density at radius 2 is 1.77 bits per heavy atom. The Morgan fingerprint density at radius 1 is 1.00 bits per heavy atom. The van der Waals surface area contributed by atoms with E-state index in [0.717, 1.165) is 29.0 Å². The number of hydrogen-bond acceptors (Lipinski definition) is 8. The van der Waals surface area contributed by atoms with Gasteiger partial charge in [-0.2, -0.15) is 0 Å². The highest BCUT2D eigenvalue weighted by molar-refractivity contribution is 7.71. The van der Waals surface area contributed by atoms with Crippen LogP contribution >= 0.6 is 12.2 Å². The standard InChI is InChI=1S/C27H19F2N5O5S/c1-37-22-12-19-23(33-25(22)38-2)21(9-10-30-19)39-20-8-5-15(11-18(20)29)32-24(35)17-13-31-27(40)34(26(17)36)16-6-3-14(28)4-7-16/h3-13H,1-2H3,(H,31,40)(H,32,35). The Bertz CT molecular complexity index is 1880. The number of nitrogens with one attached hydrogen (secondary N) is 2. The molecule has 0 atom stereocenters. The Labute approximate surface area is 229 Å². The molecule has 5 rings (SSSR count). The van der Waals surface area contributed by atoms with Crippen LogP contribution in [-0.4, -0.2) is 39.6 Å². The summed E-state index contributed by atoms with van der Waals surface area (Å²) in [5, 5.41) is 2.48. The summed E-state index contributed by atoms with van der Waals surface area (Å²) < 4.78 is 45.7. The maximum atomic E-state index is 15.0. The molecule has 0 aliphatic rings. The van der Waals surface area contributed by atoms with Crippen molar-refractivity contribution in [2.45, 2.75) is 0 Å². The molecule has 10 nitrogen and oxygen atoms in total. The molecule has 5 aromatic rings. The van der Waals surface area contributed by atoms with E-state index in [1.54, 1.807) is 6.07 Å². The molecule has 13 heteroatoms. The van der Waals surface area contributed by atoms with Crippen molar-refractivity contribution in [3.05, 3.63) is 99.3 Å². The maximum absolute atomic E-state index is 15.0. The van der Waals surface area contributed by atoms with Crippen molar-refractivity contribution in [3.63, 3.8) is 0 Å². The van der Waals surface area contributed by atoms with Gasteiger partial charge in [-0.05, 0) is 48.6 Å². The molecule has 0 bridgehead atoms. The number of fused-ring (bicyclic) bond motifs is 1. The smallest absolute Gasteiger partial charge is 0.271 e. The number of methoxy groups -OCH3 is 2. The molecule has 0 aliphatic carbocycles. The number of carbonyl (C=O) groups excluding carboxylic acids is 1. The number of pyridine rings is 2. The van der Waals surface area contributed by atoms with E-state index in [2.05, 4.69) is 20.3 Å². The van der Waals surface area contributed by atoms with Crippen LogP contribution in [0.25, 0.3) is 16.7 Å². The molecule has 0 saturated heterocycles. The average Bonchev–Trinajstić information content (AvgIpc) is 2.94. The first-order valence-corrected chi connectivity index (χ1v) is 12.0. The van der Waals surface area contributed by atoms with Crippen LogP contribution in [0.15, 0.2) is 71.8 Å². The number of nitrogens with zero attached hydrogens (tertiary/aromatic N) is 3. The fraction of sp³-hybridized carbons (Fsp3) is 0.0741. The minimum Gasteiger partial charge on any atom is -0.491 e. The van der Waals surface area contributed by atoms with Crippen LogP contribution in [0.4, 0.5) is 14.5 Å². The van der Waals surface area contributed by atoms with Crippen molar-refractivity contribution in [3.8, 4) is 28.8 Å². The molecule has 0 unspecified atom stereocenters. The molecule has 3 heterocycles. The van der Waals surface area contributed by atoms with Crippen molar-refractivity contribution in [2.24, 2.45) is 0 Å². The van der Waals surface area contributed by atoms with Gasteiger partial charge in [0, 0.05) is 36.3 Å². The minimum absolute atomic E-state index is 0.00916. The van der Waals surface area contributed by atoms with Crippen LogP contribution in [-0.2, 0) is 0 Å². The topological polar surface area (TPSA) is 120 Å². The van der Waals surface area contributed by atoms with Crippen LogP contribution in [0.5, 0.6) is 23.1 Å². The zero-order valence-corrected chi connectivity index (χ0v) is 21.7. The lowest BCUT2D eigenvalue weighted by atomic mass is 10.2. The second kappa shape index (κ2) is 10.9. The molecular weight excluding hydrogens is 544 g/mol. The van der Waals surface area contributed by atoms with E-state index in [4.69, 9.17) is 26.4 Å². The number of ether oxygens (including phenoxy) is 3. The van der Waals surface area contributed by atoms with E-state index in [1.807, 2.05) is 0 Å². The van der Waals surface area contributed by atoms with E-state index < -0.39 is 23.1 Å². The Morgan fingerprint density at radius 3 is 2.48 bits per heavy atom. The van der Waals surface area contributed by atoms with Gasteiger partial charge in [0.15, 0.2) is 27.8 Å². The fourth-order valence-corrected chi connectivity index (χ4v) is 4.07. The first kappa shape index (κ1) is 26.4.